The maximum atomic E-state index is 11.7. The molecule has 2 aliphatic heterocycles. The Kier molecular flexibility index (Phi) is 14.2. The van der Waals surface area contributed by atoms with Crippen LogP contribution in [0.3, 0.4) is 0 Å². The van der Waals surface area contributed by atoms with E-state index in [9.17, 15) is 41.2 Å². The third kappa shape index (κ3) is 10.4. The molecule has 274 valence electrons. The number of aromatic carboxylic acids is 2. The second-order valence-electron chi connectivity index (χ2n) is 13.7. The van der Waals surface area contributed by atoms with E-state index in [1.165, 1.54) is 6.07 Å². The Labute approximate surface area is 327 Å². The molecule has 0 saturated heterocycles. The van der Waals surface area contributed by atoms with E-state index in [2.05, 4.69) is 0 Å². The van der Waals surface area contributed by atoms with Gasteiger partial charge < -0.3 is 19.7 Å². The quantitative estimate of drug-likeness (QED) is 0.0749. The number of benzene rings is 2. The zero-order valence-corrected chi connectivity index (χ0v) is 33.7. The van der Waals surface area contributed by atoms with E-state index < -0.39 is 48.8 Å². The molecule has 3 N–H and O–H groups in total. The number of unbranched alkanes of at least 4 members (excludes halogenated alkanes) is 2. The second-order valence-corrected chi connectivity index (χ2v) is 16.8. The van der Waals surface area contributed by atoms with Crippen LogP contribution in [0.15, 0.2) is 84.6 Å². The number of allylic oxidation sites excluding steroid dienone is 8. The first kappa shape index (κ1) is 43.0. The SMILES string of the molecule is CC1(C)C(=CC=CC=CC=CC2=[N+](CCCCS(=O)(=O)O)c3ccc(C(=O)O)cc3C2(C)C)N(CCCCS(=O)(=O)[O-])c2ccc(C(=O)O)cc21.[Na+]. The zero-order chi connectivity index (χ0) is 37.8. The monoisotopic (exact) mass is 763 g/mol. The van der Waals surface area contributed by atoms with Crippen molar-refractivity contribution in [3.63, 3.8) is 0 Å². The fraction of sp³-hybridized carbons (Fsp3) is 0.378. The van der Waals surface area contributed by atoms with E-state index in [1.54, 1.807) is 30.3 Å². The Morgan fingerprint density at radius 2 is 1.37 bits per heavy atom. The van der Waals surface area contributed by atoms with Crippen molar-refractivity contribution in [2.24, 2.45) is 0 Å². The Morgan fingerprint density at radius 3 is 1.98 bits per heavy atom. The van der Waals surface area contributed by atoms with E-state index >= 15 is 0 Å². The van der Waals surface area contributed by atoms with Gasteiger partial charge in [0.05, 0.1) is 32.4 Å². The molecule has 52 heavy (non-hydrogen) atoms. The van der Waals surface area contributed by atoms with Crippen molar-refractivity contribution in [3.8, 4) is 0 Å². The molecular weight excluding hydrogens is 720 g/mol. The molecule has 0 aromatic heterocycles. The van der Waals surface area contributed by atoms with Gasteiger partial charge in [-0.3, -0.25) is 4.55 Å². The van der Waals surface area contributed by atoms with Gasteiger partial charge in [-0.2, -0.15) is 13.0 Å². The van der Waals surface area contributed by atoms with Crippen LogP contribution >= 0.6 is 0 Å². The molecule has 2 aliphatic rings. The molecule has 2 aromatic rings. The Bertz CT molecular complexity index is 2080. The number of fused-ring (bicyclic) bond motifs is 2. The van der Waals surface area contributed by atoms with Gasteiger partial charge in [0, 0.05) is 53.2 Å². The molecule has 0 spiro atoms. The van der Waals surface area contributed by atoms with Crippen LogP contribution in [0.5, 0.6) is 0 Å². The maximum absolute atomic E-state index is 11.7. The number of anilines is 1. The molecule has 2 heterocycles. The first-order chi connectivity index (χ1) is 23.7. The summed E-state index contributed by atoms with van der Waals surface area (Å²) in [6.45, 7) is 8.88. The van der Waals surface area contributed by atoms with Gasteiger partial charge in [-0.15, -0.1) is 0 Å². The maximum Gasteiger partial charge on any atom is 1.00 e. The first-order valence-corrected chi connectivity index (χ1v) is 19.7. The van der Waals surface area contributed by atoms with Gasteiger partial charge in [-0.05, 0) is 75.1 Å². The van der Waals surface area contributed by atoms with Gasteiger partial charge in [0.15, 0.2) is 5.71 Å². The first-order valence-electron chi connectivity index (χ1n) is 16.5. The summed E-state index contributed by atoms with van der Waals surface area (Å²) in [4.78, 5) is 25.5. The fourth-order valence-corrected chi connectivity index (χ4v) is 7.81. The number of carboxylic acids is 2. The van der Waals surface area contributed by atoms with Crippen molar-refractivity contribution in [1.29, 1.82) is 0 Å². The predicted octanol–water partition coefficient (Wildman–Crippen LogP) is 2.81. The molecule has 4 rings (SSSR count). The minimum Gasteiger partial charge on any atom is -0.748 e. The topological polar surface area (TPSA) is 192 Å². The number of rotatable bonds is 16. The average molecular weight is 764 g/mol. The van der Waals surface area contributed by atoms with Gasteiger partial charge in [0.1, 0.15) is 6.54 Å². The third-order valence-corrected chi connectivity index (χ3v) is 10.9. The normalized spacial score (nSPS) is 17.3. The number of carboxylic acid groups (broad SMARTS) is 2. The van der Waals surface area contributed by atoms with Crippen LogP contribution in [0.2, 0.25) is 0 Å². The molecule has 0 amide bonds. The Balaban J connectivity index is 0.00000729. The number of hydrogen-bond acceptors (Lipinski definition) is 8. The number of nitrogens with zero attached hydrogens (tertiary/aromatic N) is 2. The van der Waals surface area contributed by atoms with Crippen molar-refractivity contribution in [2.45, 2.75) is 64.2 Å². The summed E-state index contributed by atoms with van der Waals surface area (Å²) in [5.41, 5.74) is 4.31. The third-order valence-electron chi connectivity index (χ3n) is 9.29. The van der Waals surface area contributed by atoms with E-state index in [0.29, 0.717) is 25.9 Å². The van der Waals surface area contributed by atoms with E-state index in [4.69, 9.17) is 4.55 Å². The molecule has 2 aromatic carbocycles. The van der Waals surface area contributed by atoms with Crippen LogP contribution in [0.4, 0.5) is 11.4 Å². The molecule has 0 aliphatic carbocycles. The van der Waals surface area contributed by atoms with Gasteiger partial charge in [0.25, 0.3) is 10.1 Å². The van der Waals surface area contributed by atoms with E-state index in [0.717, 1.165) is 33.9 Å². The van der Waals surface area contributed by atoms with Crippen molar-refractivity contribution >= 4 is 49.3 Å². The molecule has 12 nitrogen and oxygen atoms in total. The molecule has 0 saturated carbocycles. The summed E-state index contributed by atoms with van der Waals surface area (Å²) < 4.78 is 67.1. The summed E-state index contributed by atoms with van der Waals surface area (Å²) in [5, 5.41) is 19.2. The van der Waals surface area contributed by atoms with Crippen LogP contribution in [0, 0.1) is 0 Å². The molecule has 15 heteroatoms. The van der Waals surface area contributed by atoms with Crippen molar-refractivity contribution < 1.29 is 79.9 Å². The van der Waals surface area contributed by atoms with Crippen molar-refractivity contribution in [3.05, 3.63) is 107 Å². The molecule has 0 atom stereocenters. The summed E-state index contributed by atoms with van der Waals surface area (Å²) in [5.74, 6) is -2.87. The summed E-state index contributed by atoms with van der Waals surface area (Å²) >= 11 is 0. The van der Waals surface area contributed by atoms with Crippen LogP contribution in [0.1, 0.15) is 85.2 Å². The van der Waals surface area contributed by atoms with Gasteiger partial charge in [-0.25, -0.2) is 18.0 Å². The molecule has 0 unspecified atom stereocenters. The van der Waals surface area contributed by atoms with E-state index in [-0.39, 0.29) is 59.3 Å². The number of hydrogen-bond donors (Lipinski definition) is 3. The summed E-state index contributed by atoms with van der Waals surface area (Å²) in [6, 6.07) is 9.91. The molecular formula is C37H44N2NaO10S2+. The smallest absolute Gasteiger partial charge is 0.748 e. The Morgan fingerprint density at radius 1 is 0.788 bits per heavy atom. The van der Waals surface area contributed by atoms with Crippen molar-refractivity contribution in [2.75, 3.05) is 29.5 Å². The molecule has 0 bridgehead atoms. The Hall–Kier alpha value is -3.37. The van der Waals surface area contributed by atoms with Gasteiger partial charge >= 0.3 is 41.5 Å². The van der Waals surface area contributed by atoms with Crippen LogP contribution in [0.25, 0.3) is 0 Å². The summed E-state index contributed by atoms with van der Waals surface area (Å²) in [7, 11) is -8.41. The van der Waals surface area contributed by atoms with Crippen LogP contribution < -0.4 is 34.5 Å². The molecule has 0 fully saturated rings. The largest absolute Gasteiger partial charge is 1.00 e. The minimum absolute atomic E-state index is 0. The second kappa shape index (κ2) is 17.2. The van der Waals surface area contributed by atoms with Crippen LogP contribution in [-0.2, 0) is 31.1 Å². The van der Waals surface area contributed by atoms with Gasteiger partial charge in [0.2, 0.25) is 5.69 Å². The average Bonchev–Trinajstić information content (AvgIpc) is 3.37. The fourth-order valence-electron chi connectivity index (χ4n) is 6.69. The van der Waals surface area contributed by atoms with Crippen LogP contribution in [-0.4, -0.2) is 83.0 Å². The zero-order valence-electron chi connectivity index (χ0n) is 30.1. The van der Waals surface area contributed by atoms with E-state index in [1.807, 2.05) is 79.7 Å². The van der Waals surface area contributed by atoms with Crippen molar-refractivity contribution in [1.82, 2.24) is 0 Å². The van der Waals surface area contributed by atoms with Gasteiger partial charge in [-0.1, -0.05) is 44.2 Å². The standard InChI is InChI=1S/C37H44N2O10S2.Na/c1-36(2)28-24-26(34(40)41)16-18-30(28)38(20-10-12-22-50(44,45)46)32(36)14-8-6-5-7-9-15-33-37(3,4)29-25-27(35(42)43)17-19-31(29)39(33)21-11-13-23-51(47,48)49;/h5-9,14-19,24-25H,10-13,20-23H2,1-4H3,(H3-,40,41,42,43,44,45,46,47,48,49);/q;+1. The minimum atomic E-state index is -4.33. The predicted molar refractivity (Wildman–Crippen MR) is 195 cm³/mol. The molecule has 0 radical (unpaired) electrons. The summed E-state index contributed by atoms with van der Waals surface area (Å²) in [6.07, 6.45) is 14.5. The number of carbonyl (C=O) groups is 2.